The van der Waals surface area contributed by atoms with Gasteiger partial charge < -0.3 is 0 Å². The molecule has 0 spiro atoms. The number of aryl methyl sites for hydroxylation is 1. The monoisotopic (exact) mass is 280 g/mol. The van der Waals surface area contributed by atoms with Crippen LogP contribution in [0.3, 0.4) is 0 Å². The van der Waals surface area contributed by atoms with Crippen molar-refractivity contribution in [3.63, 3.8) is 0 Å². The van der Waals surface area contributed by atoms with E-state index in [2.05, 4.69) is 28.9 Å². The van der Waals surface area contributed by atoms with Crippen LogP contribution in [0.4, 0.5) is 0 Å². The lowest BCUT2D eigenvalue weighted by molar-refractivity contribution is 0.667. The van der Waals surface area contributed by atoms with E-state index in [0.29, 0.717) is 0 Å². The van der Waals surface area contributed by atoms with Crippen LogP contribution in [0, 0.1) is 0 Å². The third kappa shape index (κ3) is 4.01. The van der Waals surface area contributed by atoms with Gasteiger partial charge in [0.15, 0.2) is 0 Å². The van der Waals surface area contributed by atoms with Crippen molar-refractivity contribution in [3.8, 4) is 0 Å². The highest BCUT2D eigenvalue weighted by molar-refractivity contribution is 9.11. The molecule has 0 aromatic carbocycles. The maximum absolute atomic E-state index is 5.89. The van der Waals surface area contributed by atoms with Crippen molar-refractivity contribution in [2.24, 2.45) is 0 Å². The molecule has 13 heavy (non-hydrogen) atoms. The number of halogens is 2. The molecule has 0 amide bonds. The zero-order chi connectivity index (χ0) is 9.68. The van der Waals surface area contributed by atoms with Gasteiger partial charge in [0, 0.05) is 0 Å². The second-order valence-corrected chi connectivity index (χ2v) is 6.16. The van der Waals surface area contributed by atoms with Gasteiger partial charge in [-0.1, -0.05) is 37.8 Å². The topological polar surface area (TPSA) is 0 Å². The molecule has 0 saturated heterocycles. The van der Waals surface area contributed by atoms with Crippen LogP contribution in [0.5, 0.6) is 0 Å². The summed E-state index contributed by atoms with van der Waals surface area (Å²) in [6.45, 7) is 2.23. The normalized spacial score (nSPS) is 10.7. The highest BCUT2D eigenvalue weighted by Gasteiger charge is 2.04. The van der Waals surface area contributed by atoms with Crippen molar-refractivity contribution in [3.05, 3.63) is 19.8 Å². The predicted octanol–water partition coefficient (Wildman–Crippen LogP) is 5.29. The standard InChI is InChI=1S/C10H14BrClS/c1-2-3-4-5-6-8-7-9(12)13-10(8)11/h7H,2-6H2,1H3. The first-order chi connectivity index (χ1) is 6.24. The molecule has 0 nitrogen and oxygen atoms in total. The SMILES string of the molecule is CCCCCCc1cc(Cl)sc1Br. The smallest absolute Gasteiger partial charge is 0.0943 e. The molecule has 0 saturated carbocycles. The van der Waals surface area contributed by atoms with Crippen molar-refractivity contribution < 1.29 is 0 Å². The summed E-state index contributed by atoms with van der Waals surface area (Å²) in [7, 11) is 0. The minimum absolute atomic E-state index is 0.886. The summed E-state index contributed by atoms with van der Waals surface area (Å²) in [5, 5.41) is 0. The lowest BCUT2D eigenvalue weighted by Gasteiger charge is -1.98. The Labute approximate surface area is 97.4 Å². The van der Waals surface area contributed by atoms with Crippen molar-refractivity contribution in [1.82, 2.24) is 0 Å². The Balaban J connectivity index is 2.32. The van der Waals surface area contributed by atoms with Crippen LogP contribution in [-0.4, -0.2) is 0 Å². The van der Waals surface area contributed by atoms with E-state index in [0.717, 1.165) is 10.8 Å². The predicted molar refractivity (Wildman–Crippen MR) is 64.9 cm³/mol. The van der Waals surface area contributed by atoms with Gasteiger partial charge in [0.25, 0.3) is 0 Å². The highest BCUT2D eigenvalue weighted by atomic mass is 79.9. The van der Waals surface area contributed by atoms with Gasteiger partial charge in [-0.3, -0.25) is 0 Å². The number of thiophene rings is 1. The molecule has 0 bridgehead atoms. The van der Waals surface area contributed by atoms with E-state index in [4.69, 9.17) is 11.6 Å². The van der Waals surface area contributed by atoms with Gasteiger partial charge in [0.1, 0.15) is 0 Å². The van der Waals surface area contributed by atoms with E-state index in [1.54, 1.807) is 11.3 Å². The molecule has 1 heterocycles. The lowest BCUT2D eigenvalue weighted by Crippen LogP contribution is -1.83. The molecule has 1 aromatic rings. The first kappa shape index (κ1) is 11.5. The van der Waals surface area contributed by atoms with Crippen LogP contribution in [0.1, 0.15) is 38.2 Å². The van der Waals surface area contributed by atoms with Gasteiger partial charge in [0.05, 0.1) is 8.12 Å². The van der Waals surface area contributed by atoms with Crippen molar-refractivity contribution >= 4 is 38.9 Å². The third-order valence-corrected chi connectivity index (χ3v) is 4.12. The second kappa shape index (κ2) is 6.05. The van der Waals surface area contributed by atoms with Gasteiger partial charge in [0.2, 0.25) is 0 Å². The average molecular weight is 282 g/mol. The van der Waals surface area contributed by atoms with Crippen LogP contribution < -0.4 is 0 Å². The van der Waals surface area contributed by atoms with E-state index in [-0.39, 0.29) is 0 Å². The molecular formula is C10H14BrClS. The Kier molecular flexibility index (Phi) is 5.37. The Morgan fingerprint density at radius 1 is 1.38 bits per heavy atom. The van der Waals surface area contributed by atoms with E-state index in [1.807, 2.05) is 0 Å². The zero-order valence-corrected chi connectivity index (χ0v) is 10.9. The Hall–Kier alpha value is 0.470. The number of unbranched alkanes of at least 4 members (excludes halogenated alkanes) is 3. The lowest BCUT2D eigenvalue weighted by atomic mass is 10.1. The fraction of sp³-hybridized carbons (Fsp3) is 0.600. The van der Waals surface area contributed by atoms with E-state index < -0.39 is 0 Å². The summed E-state index contributed by atoms with van der Waals surface area (Å²) in [6.07, 6.45) is 6.40. The van der Waals surface area contributed by atoms with Crippen LogP contribution >= 0.6 is 38.9 Å². The molecule has 1 aromatic heterocycles. The maximum Gasteiger partial charge on any atom is 0.0943 e. The van der Waals surface area contributed by atoms with Gasteiger partial charge in [-0.15, -0.1) is 11.3 Å². The fourth-order valence-electron chi connectivity index (χ4n) is 1.29. The fourth-order valence-corrected chi connectivity index (χ4v) is 3.43. The molecule has 0 fully saturated rings. The van der Waals surface area contributed by atoms with Gasteiger partial charge in [-0.05, 0) is 40.4 Å². The second-order valence-electron chi connectivity index (χ2n) is 3.16. The first-order valence-electron chi connectivity index (χ1n) is 4.67. The Morgan fingerprint density at radius 3 is 2.69 bits per heavy atom. The van der Waals surface area contributed by atoms with E-state index in [1.165, 1.54) is 35.0 Å². The molecule has 3 heteroatoms. The summed E-state index contributed by atoms with van der Waals surface area (Å²) in [6, 6.07) is 2.07. The number of rotatable bonds is 5. The molecule has 0 aliphatic rings. The first-order valence-corrected chi connectivity index (χ1v) is 6.66. The summed E-state index contributed by atoms with van der Waals surface area (Å²) in [4.78, 5) is 0. The van der Waals surface area contributed by atoms with Crippen molar-refractivity contribution in [1.29, 1.82) is 0 Å². The van der Waals surface area contributed by atoms with Gasteiger partial charge in [-0.2, -0.15) is 0 Å². The third-order valence-electron chi connectivity index (χ3n) is 2.03. The zero-order valence-electron chi connectivity index (χ0n) is 7.78. The minimum Gasteiger partial charge on any atom is -0.116 e. The quantitative estimate of drug-likeness (QED) is 0.644. The van der Waals surface area contributed by atoms with Crippen molar-refractivity contribution in [2.45, 2.75) is 39.0 Å². The number of hydrogen-bond donors (Lipinski definition) is 0. The maximum atomic E-state index is 5.89. The van der Waals surface area contributed by atoms with E-state index in [9.17, 15) is 0 Å². The Bertz CT molecular complexity index is 257. The van der Waals surface area contributed by atoms with E-state index >= 15 is 0 Å². The molecule has 74 valence electrons. The summed E-state index contributed by atoms with van der Waals surface area (Å²) < 4.78 is 2.09. The Morgan fingerprint density at radius 2 is 2.15 bits per heavy atom. The van der Waals surface area contributed by atoms with Gasteiger partial charge >= 0.3 is 0 Å². The minimum atomic E-state index is 0.886. The summed E-state index contributed by atoms with van der Waals surface area (Å²) >= 11 is 11.0. The van der Waals surface area contributed by atoms with Crippen LogP contribution in [0.2, 0.25) is 4.34 Å². The van der Waals surface area contributed by atoms with Crippen LogP contribution in [0.15, 0.2) is 9.85 Å². The van der Waals surface area contributed by atoms with Crippen LogP contribution in [0.25, 0.3) is 0 Å². The molecular weight excluding hydrogens is 268 g/mol. The molecule has 0 unspecified atom stereocenters. The average Bonchev–Trinajstić information content (AvgIpc) is 2.39. The van der Waals surface area contributed by atoms with Gasteiger partial charge in [-0.25, -0.2) is 0 Å². The molecule has 0 radical (unpaired) electrons. The molecule has 0 aliphatic carbocycles. The van der Waals surface area contributed by atoms with Crippen molar-refractivity contribution in [2.75, 3.05) is 0 Å². The summed E-state index contributed by atoms with van der Waals surface area (Å²) in [5.41, 5.74) is 1.37. The molecule has 0 aliphatic heterocycles. The molecule has 1 rings (SSSR count). The molecule has 0 atom stereocenters. The number of hydrogen-bond acceptors (Lipinski definition) is 1. The highest BCUT2D eigenvalue weighted by Crippen LogP contribution is 2.32. The largest absolute Gasteiger partial charge is 0.116 e. The summed E-state index contributed by atoms with van der Waals surface area (Å²) in [5.74, 6) is 0. The molecule has 0 N–H and O–H groups in total. The van der Waals surface area contributed by atoms with Crippen LogP contribution in [-0.2, 0) is 6.42 Å².